The highest BCUT2D eigenvalue weighted by atomic mass is 19.4. The summed E-state index contributed by atoms with van der Waals surface area (Å²) in [4.78, 5) is 12.1. The molecule has 2 aromatic carbocycles. The molecule has 24 heavy (non-hydrogen) atoms. The van der Waals surface area contributed by atoms with Crippen LogP contribution in [0.1, 0.15) is 24.0 Å². The maximum absolute atomic E-state index is 13.1. The van der Waals surface area contributed by atoms with Crippen LogP contribution in [0, 0.1) is 0 Å². The Morgan fingerprint density at radius 2 is 1.54 bits per heavy atom. The van der Waals surface area contributed by atoms with E-state index in [1.807, 2.05) is 0 Å². The maximum Gasteiger partial charge on any atom is 0.429 e. The smallest absolute Gasteiger partial charge is 0.429 e. The lowest BCUT2D eigenvalue weighted by atomic mass is 10.0. The zero-order valence-electron chi connectivity index (χ0n) is 13.0. The summed E-state index contributed by atoms with van der Waals surface area (Å²) in [5, 5.41) is 0. The molecule has 0 aliphatic carbocycles. The van der Waals surface area contributed by atoms with Gasteiger partial charge in [-0.15, -0.1) is 0 Å². The van der Waals surface area contributed by atoms with E-state index in [0.29, 0.717) is 11.1 Å². The zero-order valence-corrected chi connectivity index (χ0v) is 13.0. The first-order valence-electron chi connectivity index (χ1n) is 7.43. The Morgan fingerprint density at radius 3 is 2.08 bits per heavy atom. The third-order valence-electron chi connectivity index (χ3n) is 3.48. The van der Waals surface area contributed by atoms with E-state index in [4.69, 9.17) is 4.74 Å². The second-order valence-corrected chi connectivity index (χ2v) is 5.30. The lowest BCUT2D eigenvalue weighted by Crippen LogP contribution is -2.33. The van der Waals surface area contributed by atoms with Crippen LogP contribution in [0.5, 0.6) is 0 Å². The molecule has 0 fully saturated rings. The highest BCUT2D eigenvalue weighted by Gasteiger charge is 2.41. The molecule has 0 N–H and O–H groups in total. The van der Waals surface area contributed by atoms with Crippen LogP contribution in [-0.4, -0.2) is 18.2 Å². The molecule has 0 radical (unpaired) electrons. The third-order valence-corrected chi connectivity index (χ3v) is 3.48. The number of hydrogen-bond donors (Lipinski definition) is 0. The fourth-order valence-electron chi connectivity index (χ4n) is 2.08. The largest absolute Gasteiger partial charge is 0.448 e. The van der Waals surface area contributed by atoms with Gasteiger partial charge >= 0.3 is 12.1 Å². The molecule has 0 amide bonds. The molecular formula is C19H17F3O2. The van der Waals surface area contributed by atoms with Gasteiger partial charge in [0.05, 0.1) is 5.92 Å². The second-order valence-electron chi connectivity index (χ2n) is 5.30. The zero-order chi connectivity index (χ0) is 17.6. The Bertz CT molecular complexity index is 679. The molecule has 0 saturated carbocycles. The summed E-state index contributed by atoms with van der Waals surface area (Å²) in [5.74, 6) is -1.69. The summed E-state index contributed by atoms with van der Waals surface area (Å²) in [5.41, 5.74) is 1.20. The highest BCUT2D eigenvalue weighted by molar-refractivity contribution is 5.78. The van der Waals surface area contributed by atoms with Gasteiger partial charge in [-0.2, -0.15) is 13.2 Å². The lowest BCUT2D eigenvalue weighted by molar-refractivity contribution is -0.208. The summed E-state index contributed by atoms with van der Waals surface area (Å²) < 4.78 is 44.1. The molecule has 0 aromatic heterocycles. The number of carbonyl (C=O) groups excluding carboxylic acids is 1. The van der Waals surface area contributed by atoms with Crippen molar-refractivity contribution < 1.29 is 22.7 Å². The van der Waals surface area contributed by atoms with Gasteiger partial charge in [-0.3, -0.25) is 4.79 Å². The van der Waals surface area contributed by atoms with Gasteiger partial charge in [0.1, 0.15) is 0 Å². The van der Waals surface area contributed by atoms with Crippen LogP contribution in [0.3, 0.4) is 0 Å². The van der Waals surface area contributed by atoms with Gasteiger partial charge < -0.3 is 4.74 Å². The van der Waals surface area contributed by atoms with Crippen LogP contribution in [0.25, 0.3) is 6.08 Å². The van der Waals surface area contributed by atoms with Crippen molar-refractivity contribution in [3.8, 4) is 0 Å². The fraction of sp³-hybridized carbons (Fsp3) is 0.211. The van der Waals surface area contributed by atoms with Crippen LogP contribution in [0.2, 0.25) is 0 Å². The molecule has 0 aliphatic heterocycles. The number of rotatable bonds is 5. The average molecular weight is 334 g/mol. The van der Waals surface area contributed by atoms with E-state index < -0.39 is 24.2 Å². The molecule has 0 spiro atoms. The molecule has 126 valence electrons. The number of alkyl halides is 3. The predicted molar refractivity (Wildman–Crippen MR) is 86.3 cm³/mol. The molecule has 0 aliphatic rings. The van der Waals surface area contributed by atoms with Crippen molar-refractivity contribution in [3.63, 3.8) is 0 Å². The summed E-state index contributed by atoms with van der Waals surface area (Å²) >= 11 is 0. The SMILES string of the molecule is C[C@H](C(=O)O[C@H](/C=C/c1ccccc1)C(F)(F)F)c1ccccc1. The van der Waals surface area contributed by atoms with Gasteiger partial charge in [0.25, 0.3) is 0 Å². The Morgan fingerprint density at radius 1 is 1.00 bits per heavy atom. The summed E-state index contributed by atoms with van der Waals surface area (Å²) in [7, 11) is 0. The first-order valence-corrected chi connectivity index (χ1v) is 7.43. The van der Waals surface area contributed by atoms with E-state index >= 15 is 0 Å². The molecule has 0 heterocycles. The van der Waals surface area contributed by atoms with E-state index in [2.05, 4.69) is 0 Å². The van der Waals surface area contributed by atoms with Crippen molar-refractivity contribution in [1.29, 1.82) is 0 Å². The van der Waals surface area contributed by atoms with Gasteiger partial charge in [-0.1, -0.05) is 66.7 Å². The van der Waals surface area contributed by atoms with E-state index in [0.717, 1.165) is 6.08 Å². The Balaban J connectivity index is 2.12. The molecule has 0 unspecified atom stereocenters. The van der Waals surface area contributed by atoms with Crippen molar-refractivity contribution in [2.45, 2.75) is 25.1 Å². The minimum atomic E-state index is -4.67. The molecule has 0 bridgehead atoms. The highest BCUT2D eigenvalue weighted by Crippen LogP contribution is 2.27. The van der Waals surface area contributed by atoms with Crippen LogP contribution >= 0.6 is 0 Å². The molecule has 2 rings (SSSR count). The Kier molecular flexibility index (Phi) is 5.79. The minimum Gasteiger partial charge on any atom is -0.448 e. The van der Waals surface area contributed by atoms with E-state index in [-0.39, 0.29) is 0 Å². The fourth-order valence-corrected chi connectivity index (χ4v) is 2.08. The molecule has 5 heteroatoms. The second kappa shape index (κ2) is 7.81. The number of carbonyl (C=O) groups is 1. The van der Waals surface area contributed by atoms with Crippen LogP contribution < -0.4 is 0 Å². The predicted octanol–water partition coefficient (Wildman–Crippen LogP) is 4.98. The summed E-state index contributed by atoms with van der Waals surface area (Å²) in [6, 6.07) is 17.1. The van der Waals surface area contributed by atoms with Gasteiger partial charge in [0, 0.05) is 0 Å². The van der Waals surface area contributed by atoms with Crippen molar-refractivity contribution in [2.75, 3.05) is 0 Å². The third kappa shape index (κ3) is 4.98. The summed E-state index contributed by atoms with van der Waals surface area (Å²) in [6.07, 6.45) is -4.81. The normalized spacial score (nSPS) is 14.3. The first kappa shape index (κ1) is 17.8. The molecule has 2 atom stereocenters. The van der Waals surface area contributed by atoms with E-state index in [1.165, 1.54) is 13.0 Å². The van der Waals surface area contributed by atoms with E-state index in [9.17, 15) is 18.0 Å². The molecule has 2 aromatic rings. The number of ether oxygens (including phenoxy) is 1. The van der Waals surface area contributed by atoms with Gasteiger partial charge in [-0.05, 0) is 24.1 Å². The topological polar surface area (TPSA) is 26.3 Å². The van der Waals surface area contributed by atoms with Crippen LogP contribution in [-0.2, 0) is 9.53 Å². The number of esters is 1. The van der Waals surface area contributed by atoms with Crippen LogP contribution in [0.15, 0.2) is 66.7 Å². The number of halogens is 3. The quantitative estimate of drug-likeness (QED) is 0.721. The number of hydrogen-bond acceptors (Lipinski definition) is 2. The molecular weight excluding hydrogens is 317 g/mol. The minimum absolute atomic E-state index is 0.596. The van der Waals surface area contributed by atoms with Crippen molar-refractivity contribution in [3.05, 3.63) is 77.9 Å². The van der Waals surface area contributed by atoms with Gasteiger partial charge in [0.2, 0.25) is 6.10 Å². The standard InChI is InChI=1S/C19H17F3O2/c1-14(16-10-6-3-7-11-16)18(23)24-17(19(20,21)22)13-12-15-8-4-2-5-9-15/h2-14,17H,1H3/b13-12+/t14-,17+/m0/s1. The van der Waals surface area contributed by atoms with Gasteiger partial charge in [0.15, 0.2) is 0 Å². The van der Waals surface area contributed by atoms with Crippen molar-refractivity contribution in [1.82, 2.24) is 0 Å². The first-order chi connectivity index (χ1) is 11.4. The lowest BCUT2D eigenvalue weighted by Gasteiger charge is -2.20. The van der Waals surface area contributed by atoms with Crippen molar-refractivity contribution in [2.24, 2.45) is 0 Å². The summed E-state index contributed by atoms with van der Waals surface area (Å²) in [6.45, 7) is 1.52. The number of benzene rings is 2. The van der Waals surface area contributed by atoms with Gasteiger partial charge in [-0.25, -0.2) is 0 Å². The van der Waals surface area contributed by atoms with Crippen LogP contribution in [0.4, 0.5) is 13.2 Å². The maximum atomic E-state index is 13.1. The average Bonchev–Trinajstić information content (AvgIpc) is 2.58. The Hall–Kier alpha value is -2.56. The Labute approximate surface area is 138 Å². The van der Waals surface area contributed by atoms with E-state index in [1.54, 1.807) is 60.7 Å². The molecule has 2 nitrogen and oxygen atoms in total. The molecule has 0 saturated heterocycles. The van der Waals surface area contributed by atoms with Crippen molar-refractivity contribution >= 4 is 12.0 Å². The monoisotopic (exact) mass is 334 g/mol.